The maximum absolute atomic E-state index is 12.9. The van der Waals surface area contributed by atoms with Crippen LogP contribution in [0, 0.1) is 5.82 Å². The van der Waals surface area contributed by atoms with Crippen LogP contribution in [0.1, 0.15) is 25.5 Å². The van der Waals surface area contributed by atoms with Crippen molar-refractivity contribution in [1.82, 2.24) is 5.32 Å². The molecule has 22 heavy (non-hydrogen) atoms. The molecule has 5 heteroatoms. The zero-order valence-electron chi connectivity index (χ0n) is 12.6. The Morgan fingerprint density at radius 3 is 2.36 bits per heavy atom. The summed E-state index contributed by atoms with van der Waals surface area (Å²) in [5.41, 5.74) is 1.51. The maximum atomic E-state index is 12.9. The summed E-state index contributed by atoms with van der Waals surface area (Å²) in [6.45, 7) is 4.35. The van der Waals surface area contributed by atoms with E-state index in [9.17, 15) is 9.18 Å². The second-order valence-corrected chi connectivity index (χ2v) is 4.83. The topological polar surface area (TPSA) is 50.4 Å². The Kier molecular flexibility index (Phi) is 5.36. The predicted octanol–water partition coefficient (Wildman–Crippen LogP) is 4.11. The van der Waals surface area contributed by atoms with Crippen LogP contribution in [-0.2, 0) is 0 Å². The summed E-state index contributed by atoms with van der Waals surface area (Å²) in [6.07, 6.45) is 0. The molecule has 0 unspecified atom stereocenters. The fourth-order valence-corrected chi connectivity index (χ4v) is 2.00. The van der Waals surface area contributed by atoms with E-state index in [0.29, 0.717) is 12.3 Å². The lowest BCUT2D eigenvalue weighted by atomic mass is 10.1. The monoisotopic (exact) mass is 302 g/mol. The minimum Gasteiger partial charge on any atom is -0.494 e. The lowest BCUT2D eigenvalue weighted by Crippen LogP contribution is -2.31. The number of benzene rings is 2. The quantitative estimate of drug-likeness (QED) is 0.873. The van der Waals surface area contributed by atoms with Crippen LogP contribution in [0.5, 0.6) is 5.75 Å². The zero-order valence-corrected chi connectivity index (χ0v) is 12.6. The number of carbonyl (C=O) groups excluding carboxylic acids is 1. The van der Waals surface area contributed by atoms with Gasteiger partial charge in [0, 0.05) is 5.69 Å². The van der Waals surface area contributed by atoms with Crippen molar-refractivity contribution in [2.45, 2.75) is 19.9 Å². The summed E-state index contributed by atoms with van der Waals surface area (Å²) < 4.78 is 18.2. The van der Waals surface area contributed by atoms with Crippen LogP contribution < -0.4 is 15.4 Å². The van der Waals surface area contributed by atoms with Crippen LogP contribution in [-0.4, -0.2) is 12.6 Å². The minimum atomic E-state index is -0.319. The van der Waals surface area contributed by atoms with Gasteiger partial charge >= 0.3 is 6.03 Å². The summed E-state index contributed by atoms with van der Waals surface area (Å²) in [5.74, 6) is 0.461. The van der Waals surface area contributed by atoms with Crippen molar-refractivity contribution in [3.63, 3.8) is 0 Å². The molecule has 2 rings (SSSR count). The summed E-state index contributed by atoms with van der Waals surface area (Å²) in [5, 5.41) is 5.54. The Balaban J connectivity index is 1.90. The van der Waals surface area contributed by atoms with Crippen molar-refractivity contribution in [2.75, 3.05) is 11.9 Å². The highest BCUT2D eigenvalue weighted by atomic mass is 19.1. The number of halogens is 1. The van der Waals surface area contributed by atoms with E-state index in [1.165, 1.54) is 12.1 Å². The molecule has 0 saturated heterocycles. The van der Waals surface area contributed by atoms with Crippen molar-refractivity contribution in [1.29, 1.82) is 0 Å². The number of nitrogens with one attached hydrogen (secondary N) is 2. The van der Waals surface area contributed by atoms with Gasteiger partial charge in [0.2, 0.25) is 0 Å². The van der Waals surface area contributed by atoms with Gasteiger partial charge in [-0.2, -0.15) is 0 Å². The third-order valence-corrected chi connectivity index (χ3v) is 3.14. The number of carbonyl (C=O) groups is 1. The molecule has 0 saturated carbocycles. The fourth-order valence-electron chi connectivity index (χ4n) is 2.00. The highest BCUT2D eigenvalue weighted by Gasteiger charge is 2.09. The molecule has 2 aromatic carbocycles. The van der Waals surface area contributed by atoms with E-state index in [1.807, 2.05) is 13.8 Å². The molecule has 4 nitrogen and oxygen atoms in total. The van der Waals surface area contributed by atoms with Crippen LogP contribution in [0.2, 0.25) is 0 Å². The first-order valence-corrected chi connectivity index (χ1v) is 7.14. The molecule has 0 aromatic heterocycles. The summed E-state index contributed by atoms with van der Waals surface area (Å²) in [4.78, 5) is 11.9. The number of amides is 2. The second-order valence-electron chi connectivity index (χ2n) is 4.83. The first kappa shape index (κ1) is 15.8. The van der Waals surface area contributed by atoms with Gasteiger partial charge < -0.3 is 15.4 Å². The number of hydrogen-bond donors (Lipinski definition) is 2. The predicted molar refractivity (Wildman–Crippen MR) is 84.6 cm³/mol. The van der Waals surface area contributed by atoms with Crippen molar-refractivity contribution in [3.8, 4) is 5.75 Å². The van der Waals surface area contributed by atoms with E-state index in [0.717, 1.165) is 11.3 Å². The van der Waals surface area contributed by atoms with Crippen LogP contribution in [0.25, 0.3) is 0 Å². The lowest BCUT2D eigenvalue weighted by Gasteiger charge is -2.15. The van der Waals surface area contributed by atoms with E-state index in [4.69, 9.17) is 4.74 Å². The number of urea groups is 1. The Labute approximate surface area is 129 Å². The molecule has 0 heterocycles. The van der Waals surface area contributed by atoms with E-state index in [-0.39, 0.29) is 17.9 Å². The lowest BCUT2D eigenvalue weighted by molar-refractivity contribution is 0.249. The van der Waals surface area contributed by atoms with Gasteiger partial charge in [0.25, 0.3) is 0 Å². The average Bonchev–Trinajstić information content (AvgIpc) is 2.50. The molecule has 2 aromatic rings. The molecule has 0 aliphatic rings. The third-order valence-electron chi connectivity index (χ3n) is 3.14. The van der Waals surface area contributed by atoms with Crippen molar-refractivity contribution >= 4 is 11.7 Å². The minimum absolute atomic E-state index is 0.219. The summed E-state index contributed by atoms with van der Waals surface area (Å²) in [6, 6.07) is 12.6. The smallest absolute Gasteiger partial charge is 0.319 e. The highest BCUT2D eigenvalue weighted by molar-refractivity contribution is 5.89. The molecule has 116 valence electrons. The Bertz CT molecular complexity index is 612. The van der Waals surface area contributed by atoms with Gasteiger partial charge in [0.05, 0.1) is 12.6 Å². The van der Waals surface area contributed by atoms with Gasteiger partial charge in [-0.05, 0) is 55.8 Å². The normalized spacial score (nSPS) is 11.6. The van der Waals surface area contributed by atoms with Crippen LogP contribution >= 0.6 is 0 Å². The number of ether oxygens (including phenoxy) is 1. The SMILES string of the molecule is CCOc1ccc(NC(=O)N[C@@H](C)c2ccc(F)cc2)cc1. The molecule has 2 amide bonds. The van der Waals surface area contributed by atoms with Crippen molar-refractivity contribution in [3.05, 3.63) is 59.9 Å². The molecule has 2 N–H and O–H groups in total. The van der Waals surface area contributed by atoms with Gasteiger partial charge in [-0.1, -0.05) is 12.1 Å². The second kappa shape index (κ2) is 7.45. The van der Waals surface area contributed by atoms with Crippen LogP contribution in [0.15, 0.2) is 48.5 Å². The van der Waals surface area contributed by atoms with Crippen molar-refractivity contribution < 1.29 is 13.9 Å². The average molecular weight is 302 g/mol. The van der Waals surface area contributed by atoms with Gasteiger partial charge in [-0.15, -0.1) is 0 Å². The van der Waals surface area contributed by atoms with E-state index >= 15 is 0 Å². The molecule has 0 radical (unpaired) electrons. The molecular formula is C17H19FN2O2. The number of hydrogen-bond acceptors (Lipinski definition) is 2. The molecule has 0 aliphatic carbocycles. The fraction of sp³-hybridized carbons (Fsp3) is 0.235. The molecule has 0 spiro atoms. The van der Waals surface area contributed by atoms with Gasteiger partial charge in [-0.25, -0.2) is 9.18 Å². The summed E-state index contributed by atoms with van der Waals surface area (Å²) >= 11 is 0. The van der Waals surface area contributed by atoms with E-state index in [2.05, 4.69) is 10.6 Å². The Morgan fingerprint density at radius 1 is 1.14 bits per heavy atom. The molecule has 0 bridgehead atoms. The first-order chi connectivity index (χ1) is 10.6. The van der Waals surface area contributed by atoms with Gasteiger partial charge in [0.1, 0.15) is 11.6 Å². The highest BCUT2D eigenvalue weighted by Crippen LogP contribution is 2.16. The molecule has 0 fully saturated rings. The van der Waals surface area contributed by atoms with Gasteiger partial charge in [0.15, 0.2) is 0 Å². The largest absolute Gasteiger partial charge is 0.494 e. The van der Waals surface area contributed by atoms with E-state index in [1.54, 1.807) is 36.4 Å². The first-order valence-electron chi connectivity index (χ1n) is 7.14. The number of rotatable bonds is 5. The molecule has 1 atom stereocenters. The molecular weight excluding hydrogens is 283 g/mol. The van der Waals surface area contributed by atoms with Crippen LogP contribution in [0.3, 0.4) is 0 Å². The van der Waals surface area contributed by atoms with E-state index < -0.39 is 0 Å². The maximum Gasteiger partial charge on any atom is 0.319 e. The molecule has 0 aliphatic heterocycles. The Morgan fingerprint density at radius 2 is 1.77 bits per heavy atom. The van der Waals surface area contributed by atoms with Crippen molar-refractivity contribution in [2.24, 2.45) is 0 Å². The Hall–Kier alpha value is -2.56. The number of anilines is 1. The van der Waals surface area contributed by atoms with Crippen LogP contribution in [0.4, 0.5) is 14.9 Å². The third kappa shape index (κ3) is 4.48. The standard InChI is InChI=1S/C17H19FN2O2/c1-3-22-16-10-8-15(9-11-16)20-17(21)19-12(2)13-4-6-14(18)7-5-13/h4-12H,3H2,1-2H3,(H2,19,20,21)/t12-/m0/s1. The van der Waals surface area contributed by atoms with Gasteiger partial charge in [-0.3, -0.25) is 0 Å². The summed E-state index contributed by atoms with van der Waals surface area (Å²) in [7, 11) is 0. The zero-order chi connectivity index (χ0) is 15.9.